The minimum absolute atomic E-state index is 0.243. The van der Waals surface area contributed by atoms with Crippen LogP contribution in [0, 0.1) is 0 Å². The molecule has 3 heteroatoms. The average Bonchev–Trinajstić information content (AvgIpc) is 2.55. The zero-order valence-corrected chi connectivity index (χ0v) is 6.70. The van der Waals surface area contributed by atoms with Crippen molar-refractivity contribution in [2.24, 2.45) is 0 Å². The molecule has 2 fully saturated rings. The van der Waals surface area contributed by atoms with Crippen LogP contribution in [0.5, 0.6) is 0 Å². The van der Waals surface area contributed by atoms with E-state index in [1.807, 2.05) is 0 Å². The van der Waals surface area contributed by atoms with Crippen molar-refractivity contribution in [2.45, 2.75) is 25.0 Å². The van der Waals surface area contributed by atoms with Gasteiger partial charge in [0.15, 0.2) is 0 Å². The summed E-state index contributed by atoms with van der Waals surface area (Å²) in [6.45, 7) is 3.54. The lowest BCUT2D eigenvalue weighted by Gasteiger charge is -2.24. The van der Waals surface area contributed by atoms with Crippen molar-refractivity contribution >= 4 is 0 Å². The number of aliphatic hydroxyl groups excluding tert-OH is 1. The molecule has 1 N–H and O–H groups in total. The number of aliphatic hydroxyl groups is 1. The first-order valence-electron chi connectivity index (χ1n) is 4.38. The molecule has 64 valence electrons. The Morgan fingerprint density at radius 2 is 1.91 bits per heavy atom. The highest BCUT2D eigenvalue weighted by molar-refractivity contribution is 4.85. The van der Waals surface area contributed by atoms with Gasteiger partial charge in [-0.3, -0.25) is 4.90 Å². The minimum Gasteiger partial charge on any atom is -0.389 e. The predicted octanol–water partition coefficient (Wildman–Crippen LogP) is -0.158. The zero-order chi connectivity index (χ0) is 7.68. The molecule has 2 rings (SSSR count). The normalized spacial score (nSPS) is 40.1. The molecule has 0 radical (unpaired) electrons. The Balaban J connectivity index is 1.92. The second kappa shape index (κ2) is 3.09. The van der Waals surface area contributed by atoms with Crippen molar-refractivity contribution in [2.75, 3.05) is 26.3 Å². The molecule has 2 atom stereocenters. The fourth-order valence-corrected chi connectivity index (χ4v) is 1.95. The highest BCUT2D eigenvalue weighted by Gasteiger charge is 2.32. The summed E-state index contributed by atoms with van der Waals surface area (Å²) in [5, 5.41) is 9.48. The molecule has 0 saturated carbocycles. The highest BCUT2D eigenvalue weighted by Crippen LogP contribution is 2.18. The largest absolute Gasteiger partial charge is 0.389 e. The van der Waals surface area contributed by atoms with Gasteiger partial charge in [0.05, 0.1) is 25.4 Å². The predicted molar refractivity (Wildman–Crippen MR) is 41.4 cm³/mol. The Bertz CT molecular complexity index is 134. The molecule has 0 aromatic carbocycles. The van der Waals surface area contributed by atoms with E-state index in [0.717, 1.165) is 19.7 Å². The average molecular weight is 157 g/mol. The smallest absolute Gasteiger partial charge is 0.0950 e. The van der Waals surface area contributed by atoms with Crippen LogP contribution >= 0.6 is 0 Å². The van der Waals surface area contributed by atoms with Crippen molar-refractivity contribution in [1.82, 2.24) is 4.90 Å². The van der Waals surface area contributed by atoms with E-state index in [1.165, 1.54) is 12.8 Å². The van der Waals surface area contributed by atoms with E-state index < -0.39 is 0 Å². The third kappa shape index (κ3) is 1.41. The maximum absolute atomic E-state index is 9.48. The summed E-state index contributed by atoms with van der Waals surface area (Å²) >= 11 is 0. The van der Waals surface area contributed by atoms with Gasteiger partial charge in [0.25, 0.3) is 0 Å². The molecule has 2 aliphatic heterocycles. The fraction of sp³-hybridized carbons (Fsp3) is 1.00. The van der Waals surface area contributed by atoms with Crippen LogP contribution in [-0.2, 0) is 4.74 Å². The summed E-state index contributed by atoms with van der Waals surface area (Å²) in [6, 6.07) is 0.289. The third-order valence-corrected chi connectivity index (χ3v) is 2.63. The van der Waals surface area contributed by atoms with Gasteiger partial charge in [0, 0.05) is 0 Å². The number of hydrogen-bond donors (Lipinski definition) is 1. The molecule has 2 saturated heterocycles. The monoisotopic (exact) mass is 157 g/mol. The molecule has 2 aliphatic rings. The Morgan fingerprint density at radius 1 is 1.18 bits per heavy atom. The molecule has 0 spiro atoms. The number of rotatable bonds is 1. The second-order valence-corrected chi connectivity index (χ2v) is 3.42. The number of hydrogen-bond acceptors (Lipinski definition) is 3. The lowest BCUT2D eigenvalue weighted by Crippen LogP contribution is -2.41. The van der Waals surface area contributed by atoms with Crippen molar-refractivity contribution < 1.29 is 9.84 Å². The van der Waals surface area contributed by atoms with E-state index in [9.17, 15) is 5.11 Å². The van der Waals surface area contributed by atoms with Crippen molar-refractivity contribution in [3.63, 3.8) is 0 Å². The van der Waals surface area contributed by atoms with Gasteiger partial charge < -0.3 is 9.84 Å². The van der Waals surface area contributed by atoms with Crippen molar-refractivity contribution in [3.8, 4) is 0 Å². The van der Waals surface area contributed by atoms with Gasteiger partial charge in [-0.25, -0.2) is 0 Å². The van der Waals surface area contributed by atoms with E-state index >= 15 is 0 Å². The highest BCUT2D eigenvalue weighted by atomic mass is 16.5. The summed E-state index contributed by atoms with van der Waals surface area (Å²) < 4.78 is 5.19. The van der Waals surface area contributed by atoms with Crippen LogP contribution in [0.25, 0.3) is 0 Å². The topological polar surface area (TPSA) is 32.7 Å². The number of nitrogens with zero attached hydrogens (tertiary/aromatic N) is 1. The maximum Gasteiger partial charge on any atom is 0.0950 e. The summed E-state index contributed by atoms with van der Waals surface area (Å²) in [5.74, 6) is 0. The van der Waals surface area contributed by atoms with Crippen LogP contribution in [-0.4, -0.2) is 48.5 Å². The Hall–Kier alpha value is -0.120. The number of likely N-dealkylation sites (tertiary alicyclic amines) is 1. The van der Waals surface area contributed by atoms with Crippen molar-refractivity contribution in [1.29, 1.82) is 0 Å². The van der Waals surface area contributed by atoms with Gasteiger partial charge in [-0.15, -0.1) is 0 Å². The first kappa shape index (κ1) is 7.53. The molecule has 11 heavy (non-hydrogen) atoms. The molecule has 0 aromatic heterocycles. The summed E-state index contributed by atoms with van der Waals surface area (Å²) in [4.78, 5) is 2.34. The van der Waals surface area contributed by atoms with Crippen LogP contribution in [0.2, 0.25) is 0 Å². The van der Waals surface area contributed by atoms with Gasteiger partial charge in [-0.1, -0.05) is 0 Å². The SMILES string of the molecule is O[C@H]1COC[C@@H]1N1CCCC1. The first-order chi connectivity index (χ1) is 5.38. The Morgan fingerprint density at radius 3 is 2.45 bits per heavy atom. The summed E-state index contributed by atoms with van der Waals surface area (Å²) in [7, 11) is 0. The van der Waals surface area contributed by atoms with E-state index in [2.05, 4.69) is 4.90 Å². The minimum atomic E-state index is -0.243. The molecular formula is C8H15NO2. The van der Waals surface area contributed by atoms with Crippen LogP contribution in [0.4, 0.5) is 0 Å². The van der Waals surface area contributed by atoms with Gasteiger partial charge >= 0.3 is 0 Å². The van der Waals surface area contributed by atoms with Crippen LogP contribution in [0.15, 0.2) is 0 Å². The zero-order valence-electron chi connectivity index (χ0n) is 6.70. The lowest BCUT2D eigenvalue weighted by molar-refractivity contribution is 0.0948. The molecule has 0 aliphatic carbocycles. The van der Waals surface area contributed by atoms with Crippen LogP contribution in [0.1, 0.15) is 12.8 Å². The summed E-state index contributed by atoms with van der Waals surface area (Å²) in [6.07, 6.45) is 2.32. The van der Waals surface area contributed by atoms with Gasteiger partial charge in [-0.05, 0) is 25.9 Å². The van der Waals surface area contributed by atoms with Crippen LogP contribution in [0.3, 0.4) is 0 Å². The Kier molecular flexibility index (Phi) is 2.11. The van der Waals surface area contributed by atoms with Crippen LogP contribution < -0.4 is 0 Å². The molecule has 0 unspecified atom stereocenters. The fourth-order valence-electron chi connectivity index (χ4n) is 1.95. The van der Waals surface area contributed by atoms with Gasteiger partial charge in [0.1, 0.15) is 0 Å². The van der Waals surface area contributed by atoms with Gasteiger partial charge in [0.2, 0.25) is 0 Å². The molecule has 3 nitrogen and oxygen atoms in total. The lowest BCUT2D eigenvalue weighted by atomic mass is 10.2. The third-order valence-electron chi connectivity index (χ3n) is 2.63. The van der Waals surface area contributed by atoms with E-state index in [4.69, 9.17) is 4.74 Å². The van der Waals surface area contributed by atoms with E-state index in [-0.39, 0.29) is 12.1 Å². The molecular weight excluding hydrogens is 142 g/mol. The maximum atomic E-state index is 9.48. The van der Waals surface area contributed by atoms with E-state index in [0.29, 0.717) is 6.61 Å². The van der Waals surface area contributed by atoms with E-state index in [1.54, 1.807) is 0 Å². The molecule has 2 heterocycles. The first-order valence-corrected chi connectivity index (χ1v) is 4.38. The second-order valence-electron chi connectivity index (χ2n) is 3.42. The Labute approximate surface area is 66.9 Å². The number of ether oxygens (including phenoxy) is 1. The summed E-state index contributed by atoms with van der Waals surface area (Å²) in [5.41, 5.74) is 0. The quantitative estimate of drug-likeness (QED) is 0.574. The molecule has 0 aromatic rings. The standard InChI is InChI=1S/C8H15NO2/c10-8-6-11-5-7(8)9-3-1-2-4-9/h7-8,10H,1-6H2/t7-,8-/m0/s1. The molecule has 0 amide bonds. The van der Waals surface area contributed by atoms with Crippen molar-refractivity contribution in [3.05, 3.63) is 0 Å². The molecule has 0 bridgehead atoms. The van der Waals surface area contributed by atoms with Gasteiger partial charge in [-0.2, -0.15) is 0 Å².